The van der Waals surface area contributed by atoms with E-state index < -0.39 is 31.9 Å². The number of fused-ring (bicyclic) bond motifs is 1. The molecule has 168 valence electrons. The highest BCUT2D eigenvalue weighted by Gasteiger charge is 2.36. The predicted octanol–water partition coefficient (Wildman–Crippen LogP) is 1.12. The summed E-state index contributed by atoms with van der Waals surface area (Å²) in [6.07, 6.45) is 1.02. The van der Waals surface area contributed by atoms with Crippen LogP contribution in [0.2, 0.25) is 0 Å². The fourth-order valence-corrected chi connectivity index (χ4v) is 7.95. The fraction of sp³-hybridized carbons (Fsp3) is 0.500. The van der Waals surface area contributed by atoms with Gasteiger partial charge in [0.15, 0.2) is 9.84 Å². The molecule has 1 amide bonds. The zero-order valence-electron chi connectivity index (χ0n) is 17.7. The first kappa shape index (κ1) is 21.8. The Labute approximate surface area is 182 Å². The van der Waals surface area contributed by atoms with Crippen LogP contribution in [0.3, 0.4) is 0 Å². The second-order valence-electron chi connectivity index (χ2n) is 8.18. The van der Waals surface area contributed by atoms with Crippen molar-refractivity contribution in [1.29, 1.82) is 0 Å². The SMILES string of the molecule is Cc1nn([C@@H](C)C(=O)N[C@H]2CCS(=O)(=O)C2)c(C)c1S(=O)(=O)N1CCc2ccccc21. The van der Waals surface area contributed by atoms with Gasteiger partial charge in [0, 0.05) is 12.6 Å². The number of carbonyl (C=O) groups excluding carboxylic acids is 1. The number of hydrogen-bond acceptors (Lipinski definition) is 6. The molecular formula is C20H26N4O5S2. The number of carbonyl (C=O) groups is 1. The Morgan fingerprint density at radius 3 is 2.65 bits per heavy atom. The first-order chi connectivity index (χ1) is 14.5. The number of aromatic nitrogens is 2. The Bertz CT molecular complexity index is 1250. The van der Waals surface area contributed by atoms with Gasteiger partial charge in [-0.25, -0.2) is 16.8 Å². The molecule has 1 aromatic heterocycles. The van der Waals surface area contributed by atoms with Crippen LogP contribution in [-0.4, -0.2) is 56.6 Å². The molecule has 1 aromatic carbocycles. The Morgan fingerprint density at radius 1 is 1.26 bits per heavy atom. The second-order valence-corrected chi connectivity index (χ2v) is 12.2. The number of amides is 1. The normalized spacial score (nSPS) is 21.1. The van der Waals surface area contributed by atoms with Crippen LogP contribution in [0.15, 0.2) is 29.2 Å². The summed E-state index contributed by atoms with van der Waals surface area (Å²) >= 11 is 0. The van der Waals surface area contributed by atoms with E-state index in [2.05, 4.69) is 10.4 Å². The minimum absolute atomic E-state index is 0.0614. The van der Waals surface area contributed by atoms with Gasteiger partial charge in [-0.3, -0.25) is 13.8 Å². The molecule has 1 fully saturated rings. The highest BCUT2D eigenvalue weighted by molar-refractivity contribution is 7.93. The maximum atomic E-state index is 13.5. The van der Waals surface area contributed by atoms with Crippen LogP contribution in [-0.2, 0) is 31.1 Å². The lowest BCUT2D eigenvalue weighted by Gasteiger charge is -2.20. The number of para-hydroxylation sites is 1. The Hall–Kier alpha value is -2.40. The van der Waals surface area contributed by atoms with Gasteiger partial charge in [-0.05, 0) is 45.2 Å². The highest BCUT2D eigenvalue weighted by Crippen LogP contribution is 2.35. The molecule has 2 aromatic rings. The summed E-state index contributed by atoms with van der Waals surface area (Å²) in [7, 11) is -6.97. The number of aryl methyl sites for hydroxylation is 1. The van der Waals surface area contributed by atoms with Gasteiger partial charge < -0.3 is 5.32 Å². The number of sulfonamides is 1. The number of nitrogens with one attached hydrogen (secondary N) is 1. The molecule has 2 aliphatic rings. The summed E-state index contributed by atoms with van der Waals surface area (Å²) in [6.45, 7) is 5.24. The molecule has 0 spiro atoms. The van der Waals surface area contributed by atoms with Crippen molar-refractivity contribution in [1.82, 2.24) is 15.1 Å². The standard InChI is InChI=1S/C20H26N4O5S2/c1-13-19(31(28,29)23-10-8-16-6-4-5-7-18(16)23)14(2)24(22-13)15(3)20(25)21-17-9-11-30(26,27)12-17/h4-7,15,17H,8-12H2,1-3H3,(H,21,25)/t15-,17-/m0/s1. The van der Waals surface area contributed by atoms with E-state index in [1.54, 1.807) is 26.8 Å². The smallest absolute Gasteiger partial charge is 0.268 e. The molecule has 0 radical (unpaired) electrons. The van der Waals surface area contributed by atoms with Crippen LogP contribution >= 0.6 is 0 Å². The highest BCUT2D eigenvalue weighted by atomic mass is 32.2. The minimum Gasteiger partial charge on any atom is -0.350 e. The van der Waals surface area contributed by atoms with Crippen LogP contribution in [0.1, 0.15) is 36.3 Å². The number of benzene rings is 1. The van der Waals surface area contributed by atoms with Gasteiger partial charge >= 0.3 is 0 Å². The largest absolute Gasteiger partial charge is 0.350 e. The first-order valence-corrected chi connectivity index (χ1v) is 13.4. The van der Waals surface area contributed by atoms with E-state index in [0.717, 1.165) is 5.56 Å². The third-order valence-electron chi connectivity index (χ3n) is 5.98. The molecule has 9 nitrogen and oxygen atoms in total. The van der Waals surface area contributed by atoms with E-state index in [0.29, 0.717) is 36.5 Å². The lowest BCUT2D eigenvalue weighted by Crippen LogP contribution is -2.40. The molecule has 0 bridgehead atoms. The van der Waals surface area contributed by atoms with Gasteiger partial charge in [-0.1, -0.05) is 18.2 Å². The number of nitrogens with zero attached hydrogens (tertiary/aromatic N) is 3. The average molecular weight is 467 g/mol. The van der Waals surface area contributed by atoms with E-state index in [1.165, 1.54) is 8.99 Å². The van der Waals surface area contributed by atoms with Crippen LogP contribution < -0.4 is 9.62 Å². The number of anilines is 1. The summed E-state index contributed by atoms with van der Waals surface area (Å²) in [5.74, 6) is -0.397. The topological polar surface area (TPSA) is 118 Å². The summed E-state index contributed by atoms with van der Waals surface area (Å²) in [5.41, 5.74) is 2.35. The van der Waals surface area contributed by atoms with Crippen molar-refractivity contribution >= 4 is 31.5 Å². The lowest BCUT2D eigenvalue weighted by molar-refractivity contribution is -0.124. The first-order valence-electron chi connectivity index (χ1n) is 10.2. The monoisotopic (exact) mass is 466 g/mol. The summed E-state index contributed by atoms with van der Waals surface area (Å²) in [6, 6.07) is 6.20. The third kappa shape index (κ3) is 3.84. The van der Waals surface area contributed by atoms with Gasteiger partial charge in [0.2, 0.25) is 5.91 Å². The molecular weight excluding hydrogens is 440 g/mol. The van der Waals surface area contributed by atoms with Crippen molar-refractivity contribution in [3.63, 3.8) is 0 Å². The maximum Gasteiger partial charge on any atom is 0.268 e. The molecule has 0 unspecified atom stereocenters. The number of hydrogen-bond donors (Lipinski definition) is 1. The molecule has 2 aliphatic heterocycles. The zero-order chi connectivity index (χ0) is 22.6. The lowest BCUT2D eigenvalue weighted by atomic mass is 10.2. The Balaban J connectivity index is 1.61. The van der Waals surface area contributed by atoms with E-state index in [1.807, 2.05) is 18.2 Å². The third-order valence-corrected chi connectivity index (χ3v) is 9.81. The van der Waals surface area contributed by atoms with Crippen molar-refractivity contribution in [2.24, 2.45) is 0 Å². The molecule has 31 heavy (non-hydrogen) atoms. The van der Waals surface area contributed by atoms with Crippen molar-refractivity contribution in [2.45, 2.75) is 50.6 Å². The molecule has 4 rings (SSSR count). The van der Waals surface area contributed by atoms with Gasteiger partial charge in [0.25, 0.3) is 10.0 Å². The predicted molar refractivity (Wildman–Crippen MR) is 116 cm³/mol. The summed E-state index contributed by atoms with van der Waals surface area (Å²) in [4.78, 5) is 12.8. The Kier molecular flexibility index (Phi) is 5.37. The molecule has 3 heterocycles. The second kappa shape index (κ2) is 7.63. The summed E-state index contributed by atoms with van der Waals surface area (Å²) in [5, 5.41) is 7.12. The van der Waals surface area contributed by atoms with Gasteiger partial charge in [0.05, 0.1) is 28.6 Å². The van der Waals surface area contributed by atoms with Crippen molar-refractivity contribution in [2.75, 3.05) is 22.4 Å². The molecule has 2 atom stereocenters. The summed E-state index contributed by atoms with van der Waals surface area (Å²) < 4.78 is 53.1. The van der Waals surface area contributed by atoms with E-state index >= 15 is 0 Å². The van der Waals surface area contributed by atoms with Crippen LogP contribution in [0.4, 0.5) is 5.69 Å². The number of sulfone groups is 1. The van der Waals surface area contributed by atoms with Crippen molar-refractivity contribution in [3.05, 3.63) is 41.2 Å². The van der Waals surface area contributed by atoms with Crippen molar-refractivity contribution < 1.29 is 21.6 Å². The van der Waals surface area contributed by atoms with Crippen LogP contribution in [0, 0.1) is 13.8 Å². The minimum atomic E-state index is -3.85. The van der Waals surface area contributed by atoms with E-state index in [9.17, 15) is 21.6 Å². The molecule has 11 heteroatoms. The van der Waals surface area contributed by atoms with Crippen molar-refractivity contribution in [3.8, 4) is 0 Å². The molecule has 1 saturated heterocycles. The quantitative estimate of drug-likeness (QED) is 0.705. The average Bonchev–Trinajstić information content (AvgIpc) is 3.36. The molecule has 0 aliphatic carbocycles. The van der Waals surface area contributed by atoms with E-state index in [-0.39, 0.29) is 22.3 Å². The maximum absolute atomic E-state index is 13.5. The van der Waals surface area contributed by atoms with Gasteiger partial charge in [-0.15, -0.1) is 0 Å². The van der Waals surface area contributed by atoms with Crippen LogP contribution in [0.25, 0.3) is 0 Å². The molecule has 0 saturated carbocycles. The van der Waals surface area contributed by atoms with Gasteiger partial charge in [-0.2, -0.15) is 5.10 Å². The van der Waals surface area contributed by atoms with Gasteiger partial charge in [0.1, 0.15) is 10.9 Å². The Morgan fingerprint density at radius 2 is 1.97 bits per heavy atom. The number of rotatable bonds is 5. The van der Waals surface area contributed by atoms with Crippen LogP contribution in [0.5, 0.6) is 0 Å². The zero-order valence-corrected chi connectivity index (χ0v) is 19.3. The fourth-order valence-electron chi connectivity index (χ4n) is 4.41. The van der Waals surface area contributed by atoms with E-state index in [4.69, 9.17) is 0 Å². The molecule has 1 N–H and O–H groups in total.